The van der Waals surface area contributed by atoms with E-state index < -0.39 is 6.10 Å². The van der Waals surface area contributed by atoms with E-state index in [4.69, 9.17) is 0 Å². The second-order valence-corrected chi connectivity index (χ2v) is 5.87. The highest BCUT2D eigenvalue weighted by Gasteiger charge is 2.15. The lowest BCUT2D eigenvalue weighted by atomic mass is 9.86. The molecule has 0 saturated carbocycles. The van der Waals surface area contributed by atoms with Gasteiger partial charge >= 0.3 is 0 Å². The Kier molecular flexibility index (Phi) is 4.84. The summed E-state index contributed by atoms with van der Waals surface area (Å²) in [6.07, 6.45) is 4.19. The van der Waals surface area contributed by atoms with Crippen LogP contribution >= 0.6 is 0 Å². The highest BCUT2D eigenvalue weighted by Crippen LogP contribution is 2.28. The van der Waals surface area contributed by atoms with Gasteiger partial charge in [-0.3, -0.25) is 4.98 Å². The van der Waals surface area contributed by atoms with Crippen molar-refractivity contribution < 1.29 is 5.11 Å². The van der Waals surface area contributed by atoms with Crippen molar-refractivity contribution in [3.8, 4) is 0 Å². The van der Waals surface area contributed by atoms with E-state index in [9.17, 15) is 5.11 Å². The van der Waals surface area contributed by atoms with Gasteiger partial charge in [-0.15, -0.1) is 0 Å². The third-order valence-corrected chi connectivity index (χ3v) is 4.16. The third kappa shape index (κ3) is 3.85. The molecule has 0 aliphatic carbocycles. The minimum absolute atomic E-state index is 0.258. The molecule has 2 nitrogen and oxygen atoms in total. The molecule has 116 valence electrons. The summed E-state index contributed by atoms with van der Waals surface area (Å²) in [5.41, 5.74) is 4.67. The maximum atomic E-state index is 9.81. The molecule has 2 heteroatoms. The minimum atomic E-state index is -0.441. The van der Waals surface area contributed by atoms with Crippen molar-refractivity contribution in [2.75, 3.05) is 0 Å². The molecule has 3 aromatic rings. The molecule has 1 N–H and O–H groups in total. The molecule has 23 heavy (non-hydrogen) atoms. The molecule has 0 aliphatic rings. The third-order valence-electron chi connectivity index (χ3n) is 4.16. The summed E-state index contributed by atoms with van der Waals surface area (Å²) in [5.74, 6) is 0.258. The molecule has 1 heterocycles. The maximum absolute atomic E-state index is 9.81. The van der Waals surface area contributed by atoms with Gasteiger partial charge in [0.1, 0.15) is 0 Å². The van der Waals surface area contributed by atoms with E-state index in [0.717, 1.165) is 12.0 Å². The van der Waals surface area contributed by atoms with Crippen LogP contribution in [0.4, 0.5) is 0 Å². The standard InChI is InChI=1S/C21H21NO/c1-16(23)19-10-5-7-17(13-19)14-21(18-8-3-2-4-9-18)20-11-6-12-22-15-20/h2-13,15-16,21,23H,14H2,1H3. The number of nitrogens with zero attached hydrogens (tertiary/aromatic N) is 1. The van der Waals surface area contributed by atoms with Gasteiger partial charge in [-0.25, -0.2) is 0 Å². The highest BCUT2D eigenvalue weighted by atomic mass is 16.3. The van der Waals surface area contributed by atoms with Gasteiger partial charge in [0.25, 0.3) is 0 Å². The summed E-state index contributed by atoms with van der Waals surface area (Å²) in [7, 11) is 0. The molecular formula is C21H21NO. The SMILES string of the molecule is CC(O)c1cccc(CC(c2ccccc2)c2cccnc2)c1. The molecule has 0 fully saturated rings. The van der Waals surface area contributed by atoms with Crippen molar-refractivity contribution in [1.82, 2.24) is 4.98 Å². The average Bonchev–Trinajstić information content (AvgIpc) is 2.61. The molecule has 2 aromatic carbocycles. The number of pyridine rings is 1. The second-order valence-electron chi connectivity index (χ2n) is 5.87. The van der Waals surface area contributed by atoms with E-state index in [0.29, 0.717) is 0 Å². The summed E-state index contributed by atoms with van der Waals surface area (Å²) in [6.45, 7) is 1.80. The first-order chi connectivity index (χ1) is 11.2. The number of aliphatic hydroxyl groups excluding tert-OH is 1. The zero-order valence-electron chi connectivity index (χ0n) is 13.3. The van der Waals surface area contributed by atoms with E-state index in [1.165, 1.54) is 16.7 Å². The molecule has 1 aromatic heterocycles. The van der Waals surface area contributed by atoms with Crippen LogP contribution in [0.5, 0.6) is 0 Å². The minimum Gasteiger partial charge on any atom is -0.389 e. The van der Waals surface area contributed by atoms with Crippen molar-refractivity contribution in [3.05, 3.63) is 101 Å². The number of aliphatic hydroxyl groups is 1. The summed E-state index contributed by atoms with van der Waals surface area (Å²) in [4.78, 5) is 4.28. The number of hydrogen-bond donors (Lipinski definition) is 1. The topological polar surface area (TPSA) is 33.1 Å². The van der Waals surface area contributed by atoms with Crippen molar-refractivity contribution in [1.29, 1.82) is 0 Å². The maximum Gasteiger partial charge on any atom is 0.0762 e. The molecule has 0 bridgehead atoms. The normalized spacial score (nSPS) is 13.5. The van der Waals surface area contributed by atoms with E-state index in [1.807, 2.05) is 30.5 Å². The quantitative estimate of drug-likeness (QED) is 0.752. The Morgan fingerprint density at radius 2 is 1.61 bits per heavy atom. The van der Waals surface area contributed by atoms with Crippen LogP contribution in [0, 0.1) is 0 Å². The van der Waals surface area contributed by atoms with E-state index in [1.54, 1.807) is 13.1 Å². The summed E-state index contributed by atoms with van der Waals surface area (Å²) in [6, 6.07) is 22.8. The molecule has 2 atom stereocenters. The van der Waals surface area contributed by atoms with Gasteiger partial charge in [0, 0.05) is 18.3 Å². The molecule has 2 unspecified atom stereocenters. The van der Waals surface area contributed by atoms with Crippen LogP contribution in [0.15, 0.2) is 79.1 Å². The lowest BCUT2D eigenvalue weighted by Gasteiger charge is -2.18. The van der Waals surface area contributed by atoms with Crippen LogP contribution in [0.3, 0.4) is 0 Å². The first-order valence-electron chi connectivity index (χ1n) is 7.96. The molecule has 0 aliphatic heterocycles. The Labute approximate surface area is 137 Å². The fourth-order valence-electron chi connectivity index (χ4n) is 2.91. The molecule has 0 spiro atoms. The first kappa shape index (κ1) is 15.4. The second kappa shape index (κ2) is 7.21. The van der Waals surface area contributed by atoms with E-state index in [2.05, 4.69) is 47.4 Å². The van der Waals surface area contributed by atoms with Gasteiger partial charge in [0.15, 0.2) is 0 Å². The van der Waals surface area contributed by atoms with Gasteiger partial charge in [-0.05, 0) is 41.7 Å². The smallest absolute Gasteiger partial charge is 0.0762 e. The summed E-state index contributed by atoms with van der Waals surface area (Å²) >= 11 is 0. The fraction of sp³-hybridized carbons (Fsp3) is 0.190. The Hall–Kier alpha value is -2.45. The van der Waals surface area contributed by atoms with Crippen molar-refractivity contribution in [2.45, 2.75) is 25.4 Å². The average molecular weight is 303 g/mol. The molecule has 0 saturated heterocycles. The number of benzene rings is 2. The zero-order valence-corrected chi connectivity index (χ0v) is 13.3. The Balaban J connectivity index is 1.95. The highest BCUT2D eigenvalue weighted by molar-refractivity contribution is 5.35. The van der Waals surface area contributed by atoms with Crippen molar-refractivity contribution >= 4 is 0 Å². The van der Waals surface area contributed by atoms with E-state index in [-0.39, 0.29) is 5.92 Å². The van der Waals surface area contributed by atoms with Gasteiger partial charge in [-0.2, -0.15) is 0 Å². The Morgan fingerprint density at radius 3 is 2.30 bits per heavy atom. The lowest BCUT2D eigenvalue weighted by molar-refractivity contribution is 0.199. The van der Waals surface area contributed by atoms with Crippen molar-refractivity contribution in [2.24, 2.45) is 0 Å². The van der Waals surface area contributed by atoms with Gasteiger partial charge in [0.2, 0.25) is 0 Å². The van der Waals surface area contributed by atoms with Gasteiger partial charge < -0.3 is 5.11 Å². The first-order valence-corrected chi connectivity index (χ1v) is 7.96. The van der Waals surface area contributed by atoms with Gasteiger partial charge in [-0.1, -0.05) is 60.7 Å². The Bertz CT molecular complexity index is 699. The fourth-order valence-corrected chi connectivity index (χ4v) is 2.91. The predicted octanol–water partition coefficient (Wildman–Crippen LogP) is 4.51. The monoisotopic (exact) mass is 303 g/mol. The number of aromatic nitrogens is 1. The summed E-state index contributed by atoms with van der Waals surface area (Å²) in [5, 5.41) is 9.81. The lowest BCUT2D eigenvalue weighted by Crippen LogP contribution is -2.06. The Morgan fingerprint density at radius 1 is 0.870 bits per heavy atom. The van der Waals surface area contributed by atoms with Crippen LogP contribution < -0.4 is 0 Å². The van der Waals surface area contributed by atoms with E-state index >= 15 is 0 Å². The summed E-state index contributed by atoms with van der Waals surface area (Å²) < 4.78 is 0. The number of hydrogen-bond acceptors (Lipinski definition) is 2. The van der Waals surface area contributed by atoms with Gasteiger partial charge in [0.05, 0.1) is 6.10 Å². The van der Waals surface area contributed by atoms with Crippen LogP contribution in [0.2, 0.25) is 0 Å². The van der Waals surface area contributed by atoms with Crippen molar-refractivity contribution in [3.63, 3.8) is 0 Å². The van der Waals surface area contributed by atoms with Crippen LogP contribution in [0.25, 0.3) is 0 Å². The zero-order chi connectivity index (χ0) is 16.1. The predicted molar refractivity (Wildman–Crippen MR) is 93.3 cm³/mol. The number of rotatable bonds is 5. The van der Waals surface area contributed by atoms with Crippen LogP contribution in [-0.2, 0) is 6.42 Å². The largest absolute Gasteiger partial charge is 0.389 e. The van der Waals surface area contributed by atoms with Crippen LogP contribution in [0.1, 0.15) is 41.2 Å². The molecule has 0 amide bonds. The molecule has 3 rings (SSSR count). The molecule has 0 radical (unpaired) electrons. The van der Waals surface area contributed by atoms with Crippen LogP contribution in [-0.4, -0.2) is 10.1 Å². The molecular weight excluding hydrogens is 282 g/mol.